The van der Waals surface area contributed by atoms with Crippen LogP contribution in [0.3, 0.4) is 0 Å². The van der Waals surface area contributed by atoms with Gasteiger partial charge >= 0.3 is 0 Å². The minimum Gasteiger partial charge on any atom is -0.507 e. The number of hydrogen-bond donors (Lipinski definition) is 1. The van der Waals surface area contributed by atoms with Crippen molar-refractivity contribution in [2.75, 3.05) is 0 Å². The van der Waals surface area contributed by atoms with Gasteiger partial charge in [-0.1, -0.05) is 13.0 Å². The van der Waals surface area contributed by atoms with Crippen LogP contribution >= 0.6 is 0 Å². The van der Waals surface area contributed by atoms with Crippen LogP contribution in [0.1, 0.15) is 22.8 Å². The van der Waals surface area contributed by atoms with Crippen molar-refractivity contribution in [2.45, 2.75) is 13.3 Å². The van der Waals surface area contributed by atoms with Crippen LogP contribution in [0.4, 0.5) is 4.39 Å². The summed E-state index contributed by atoms with van der Waals surface area (Å²) in [6.45, 7) is 1.82. The lowest BCUT2D eigenvalue weighted by atomic mass is 10.1. The average Bonchev–Trinajstić information content (AvgIpc) is 2.06. The minimum atomic E-state index is -0.681. The van der Waals surface area contributed by atoms with Gasteiger partial charge in [-0.2, -0.15) is 0 Å². The third-order valence-electron chi connectivity index (χ3n) is 1.75. The number of halogens is 1. The number of phenols is 1. The largest absolute Gasteiger partial charge is 0.507 e. The predicted octanol–water partition coefficient (Wildman–Crippen LogP) is 1.91. The van der Waals surface area contributed by atoms with Crippen LogP contribution < -0.4 is 0 Å². The van der Waals surface area contributed by atoms with Gasteiger partial charge in [0.05, 0.1) is 5.56 Å². The molecule has 0 amide bonds. The minimum absolute atomic E-state index is 0.243. The van der Waals surface area contributed by atoms with Gasteiger partial charge in [-0.15, -0.1) is 0 Å². The fraction of sp³-hybridized carbons (Fsp3) is 0.222. The van der Waals surface area contributed by atoms with Gasteiger partial charge in [0.15, 0.2) is 6.29 Å². The summed E-state index contributed by atoms with van der Waals surface area (Å²) in [4.78, 5) is 10.3. The molecule has 0 atom stereocenters. The SMILES string of the molecule is CCc1ccc(F)c(C=O)c1O. The molecule has 1 rings (SSSR count). The molecule has 3 heteroatoms. The molecule has 0 aliphatic rings. The van der Waals surface area contributed by atoms with Gasteiger partial charge in [0.1, 0.15) is 11.6 Å². The normalized spacial score (nSPS) is 9.83. The summed E-state index contributed by atoms with van der Waals surface area (Å²) in [6, 6.07) is 2.65. The molecule has 1 aromatic carbocycles. The Labute approximate surface area is 69.6 Å². The van der Waals surface area contributed by atoms with E-state index in [1.165, 1.54) is 12.1 Å². The molecule has 0 saturated heterocycles. The molecule has 0 fully saturated rings. The summed E-state index contributed by atoms with van der Waals surface area (Å²) in [5.41, 5.74) is 0.327. The lowest BCUT2D eigenvalue weighted by molar-refractivity contribution is 0.111. The molecule has 0 aliphatic carbocycles. The number of rotatable bonds is 2. The highest BCUT2D eigenvalue weighted by molar-refractivity contribution is 5.80. The maximum Gasteiger partial charge on any atom is 0.156 e. The van der Waals surface area contributed by atoms with Crippen LogP contribution in [0, 0.1) is 5.82 Å². The zero-order valence-corrected chi connectivity index (χ0v) is 6.67. The zero-order valence-electron chi connectivity index (χ0n) is 6.67. The van der Waals surface area contributed by atoms with E-state index in [4.69, 9.17) is 0 Å². The maximum absolute atomic E-state index is 12.8. The first-order chi connectivity index (χ1) is 5.70. The van der Waals surface area contributed by atoms with Crippen molar-refractivity contribution in [3.05, 3.63) is 29.1 Å². The number of hydrogen-bond acceptors (Lipinski definition) is 2. The van der Waals surface area contributed by atoms with Crippen molar-refractivity contribution < 1.29 is 14.3 Å². The van der Waals surface area contributed by atoms with Crippen molar-refractivity contribution in [2.24, 2.45) is 0 Å². The zero-order chi connectivity index (χ0) is 9.14. The molecule has 1 aromatic rings. The Hall–Kier alpha value is -1.38. The van der Waals surface area contributed by atoms with Crippen LogP contribution in [0.5, 0.6) is 5.75 Å². The second kappa shape index (κ2) is 3.34. The Morgan fingerprint density at radius 2 is 2.25 bits per heavy atom. The Kier molecular flexibility index (Phi) is 2.43. The summed E-state index contributed by atoms with van der Waals surface area (Å²) in [5, 5.41) is 9.30. The maximum atomic E-state index is 12.8. The van der Waals surface area contributed by atoms with Crippen LogP contribution in [0.25, 0.3) is 0 Å². The Morgan fingerprint density at radius 1 is 1.58 bits per heavy atom. The highest BCUT2D eigenvalue weighted by Crippen LogP contribution is 2.23. The predicted molar refractivity (Wildman–Crippen MR) is 42.8 cm³/mol. The summed E-state index contributed by atoms with van der Waals surface area (Å²) in [5.74, 6) is -0.924. The lowest BCUT2D eigenvalue weighted by Gasteiger charge is -2.03. The van der Waals surface area contributed by atoms with E-state index in [0.29, 0.717) is 18.3 Å². The first-order valence-corrected chi connectivity index (χ1v) is 3.66. The molecule has 0 unspecified atom stereocenters. The monoisotopic (exact) mass is 168 g/mol. The molecule has 0 radical (unpaired) electrons. The standard InChI is InChI=1S/C9H9FO2/c1-2-6-3-4-8(10)7(5-11)9(6)12/h3-5,12H,2H2,1H3. The third-order valence-corrected chi connectivity index (χ3v) is 1.75. The van der Waals surface area contributed by atoms with E-state index in [-0.39, 0.29) is 11.3 Å². The van der Waals surface area contributed by atoms with Gasteiger partial charge in [0, 0.05) is 0 Å². The molecule has 0 aliphatic heterocycles. The van der Waals surface area contributed by atoms with Gasteiger partial charge in [0.2, 0.25) is 0 Å². The first-order valence-electron chi connectivity index (χ1n) is 3.66. The highest BCUT2D eigenvalue weighted by atomic mass is 19.1. The number of aryl methyl sites for hydroxylation is 1. The Balaban J connectivity index is 3.33. The quantitative estimate of drug-likeness (QED) is 0.685. The van der Waals surface area contributed by atoms with E-state index in [1.807, 2.05) is 6.92 Å². The smallest absolute Gasteiger partial charge is 0.156 e. The number of benzene rings is 1. The van der Waals surface area contributed by atoms with Crippen LogP contribution in [-0.2, 0) is 6.42 Å². The topological polar surface area (TPSA) is 37.3 Å². The summed E-state index contributed by atoms with van der Waals surface area (Å²) >= 11 is 0. The second-order valence-corrected chi connectivity index (χ2v) is 2.44. The van der Waals surface area contributed by atoms with E-state index in [0.717, 1.165) is 0 Å². The highest BCUT2D eigenvalue weighted by Gasteiger charge is 2.09. The number of aromatic hydroxyl groups is 1. The Bertz CT molecular complexity index is 308. The van der Waals surface area contributed by atoms with Gasteiger partial charge < -0.3 is 5.11 Å². The van der Waals surface area contributed by atoms with E-state index >= 15 is 0 Å². The molecule has 0 saturated carbocycles. The number of carbonyl (C=O) groups excluding carboxylic acids is 1. The van der Waals surface area contributed by atoms with Gasteiger partial charge in [-0.3, -0.25) is 4.79 Å². The summed E-state index contributed by atoms with van der Waals surface area (Å²) in [6.07, 6.45) is 0.900. The average molecular weight is 168 g/mol. The molecule has 12 heavy (non-hydrogen) atoms. The van der Waals surface area contributed by atoms with E-state index in [9.17, 15) is 14.3 Å². The molecule has 0 bridgehead atoms. The molecule has 0 aromatic heterocycles. The molecule has 0 spiro atoms. The number of carbonyl (C=O) groups is 1. The first kappa shape index (κ1) is 8.71. The van der Waals surface area contributed by atoms with Crippen LogP contribution in [0.2, 0.25) is 0 Å². The molecular formula is C9H9FO2. The Morgan fingerprint density at radius 3 is 2.75 bits per heavy atom. The van der Waals surface area contributed by atoms with E-state index in [2.05, 4.69) is 0 Å². The van der Waals surface area contributed by atoms with Crippen LogP contribution in [0.15, 0.2) is 12.1 Å². The summed E-state index contributed by atoms with van der Waals surface area (Å²) in [7, 11) is 0. The molecule has 2 nitrogen and oxygen atoms in total. The molecule has 1 N–H and O–H groups in total. The van der Waals surface area contributed by atoms with Gasteiger partial charge in [-0.05, 0) is 18.1 Å². The summed E-state index contributed by atoms with van der Waals surface area (Å²) < 4.78 is 12.8. The van der Waals surface area contributed by atoms with Gasteiger partial charge in [-0.25, -0.2) is 4.39 Å². The van der Waals surface area contributed by atoms with Crippen molar-refractivity contribution >= 4 is 6.29 Å². The number of phenolic OH excluding ortho intramolecular Hbond substituents is 1. The second-order valence-electron chi connectivity index (χ2n) is 2.44. The van der Waals surface area contributed by atoms with Crippen molar-refractivity contribution in [1.82, 2.24) is 0 Å². The molecule has 64 valence electrons. The van der Waals surface area contributed by atoms with E-state index < -0.39 is 5.82 Å². The van der Waals surface area contributed by atoms with Crippen molar-refractivity contribution in [3.63, 3.8) is 0 Å². The van der Waals surface area contributed by atoms with Crippen LogP contribution in [-0.4, -0.2) is 11.4 Å². The van der Waals surface area contributed by atoms with Crippen molar-refractivity contribution in [1.29, 1.82) is 0 Å². The van der Waals surface area contributed by atoms with Gasteiger partial charge in [0.25, 0.3) is 0 Å². The lowest BCUT2D eigenvalue weighted by Crippen LogP contribution is -1.92. The fourth-order valence-corrected chi connectivity index (χ4v) is 1.03. The van der Waals surface area contributed by atoms with E-state index in [1.54, 1.807) is 0 Å². The fourth-order valence-electron chi connectivity index (χ4n) is 1.03. The molecular weight excluding hydrogens is 159 g/mol. The van der Waals surface area contributed by atoms with Crippen molar-refractivity contribution in [3.8, 4) is 5.75 Å². The third kappa shape index (κ3) is 1.30. The molecule has 0 heterocycles. The number of aldehydes is 1.